The zero-order valence-corrected chi connectivity index (χ0v) is 18.2. The maximum atomic E-state index is 6.15. The lowest BCUT2D eigenvalue weighted by Gasteiger charge is -2.12. The number of halogens is 2. The van der Waals surface area contributed by atoms with E-state index in [1.165, 1.54) is 22.5 Å². The van der Waals surface area contributed by atoms with Gasteiger partial charge in [-0.15, -0.1) is 28.3 Å². The van der Waals surface area contributed by atoms with Crippen molar-refractivity contribution in [1.82, 2.24) is 4.98 Å². The predicted octanol–water partition coefficient (Wildman–Crippen LogP) is 6.42. The lowest BCUT2D eigenvalue weighted by molar-refractivity contribution is 0.405. The van der Waals surface area contributed by atoms with Gasteiger partial charge in [-0.2, -0.15) is 0 Å². The second-order valence-corrected chi connectivity index (χ2v) is 6.93. The Labute approximate surface area is 172 Å². The molecule has 0 aliphatic heterocycles. The van der Waals surface area contributed by atoms with Crippen molar-refractivity contribution >= 4 is 50.7 Å². The number of aromatic nitrogens is 1. The van der Waals surface area contributed by atoms with Gasteiger partial charge in [0.25, 0.3) is 0 Å². The van der Waals surface area contributed by atoms with Gasteiger partial charge in [-0.25, -0.2) is 4.98 Å². The second-order valence-electron chi connectivity index (χ2n) is 5.67. The molecule has 0 unspecified atom stereocenters. The molecule has 0 fully saturated rings. The van der Waals surface area contributed by atoms with E-state index in [9.17, 15) is 0 Å². The number of methoxy groups -OCH3 is 2. The summed E-state index contributed by atoms with van der Waals surface area (Å²) in [5, 5.41) is 6.62. The van der Waals surface area contributed by atoms with Gasteiger partial charge in [-0.3, -0.25) is 0 Å². The number of ether oxygens (including phenoxy) is 2. The van der Waals surface area contributed by atoms with Gasteiger partial charge in [0.2, 0.25) is 0 Å². The maximum Gasteiger partial charge on any atom is 0.187 e. The van der Waals surface area contributed by atoms with Crippen molar-refractivity contribution in [2.75, 3.05) is 19.5 Å². The molecule has 0 bridgehead atoms. The topological polar surface area (TPSA) is 43.4 Å². The summed E-state index contributed by atoms with van der Waals surface area (Å²) < 4.78 is 10.7. The molecule has 1 N–H and O–H groups in total. The van der Waals surface area contributed by atoms with Crippen LogP contribution in [0.4, 0.5) is 10.8 Å². The first-order valence-corrected chi connectivity index (χ1v) is 8.99. The zero-order chi connectivity index (χ0) is 18.0. The van der Waals surface area contributed by atoms with Gasteiger partial charge in [-0.1, -0.05) is 29.3 Å². The number of hydrogen-bond donors (Lipinski definition) is 1. The summed E-state index contributed by atoms with van der Waals surface area (Å²) in [5.41, 5.74) is 5.27. The van der Waals surface area contributed by atoms with E-state index in [4.69, 9.17) is 26.1 Å². The van der Waals surface area contributed by atoms with Crippen LogP contribution in [0.5, 0.6) is 11.5 Å². The Kier molecular flexibility index (Phi) is 6.92. The molecule has 0 saturated carbocycles. The van der Waals surface area contributed by atoms with Gasteiger partial charge in [0.15, 0.2) is 5.13 Å². The van der Waals surface area contributed by atoms with Crippen LogP contribution in [0, 0.1) is 13.8 Å². The number of thiazole rings is 1. The Balaban J connectivity index is 0.00000243. The standard InChI is InChI=1S/C19H19ClN2O2S.BrH/c1-11-5-6-12(2)13(7-11)16-10-25-19(22-16)21-15-9-17(23-3)14(20)8-18(15)24-4;/h5-10H,1-4H3,(H,21,22);1H. The van der Waals surface area contributed by atoms with Crippen molar-refractivity contribution in [2.45, 2.75) is 13.8 Å². The summed E-state index contributed by atoms with van der Waals surface area (Å²) in [6, 6.07) is 9.90. The van der Waals surface area contributed by atoms with Crippen molar-refractivity contribution in [2.24, 2.45) is 0 Å². The smallest absolute Gasteiger partial charge is 0.187 e. The maximum absolute atomic E-state index is 6.15. The summed E-state index contributed by atoms with van der Waals surface area (Å²) in [4.78, 5) is 4.71. The summed E-state index contributed by atoms with van der Waals surface area (Å²) >= 11 is 7.69. The molecule has 0 radical (unpaired) electrons. The Bertz CT molecular complexity index is 915. The molecule has 3 rings (SSSR count). The van der Waals surface area contributed by atoms with Crippen LogP contribution in [-0.4, -0.2) is 19.2 Å². The largest absolute Gasteiger partial charge is 0.495 e. The Morgan fingerprint density at radius 1 is 1.04 bits per heavy atom. The highest BCUT2D eigenvalue weighted by molar-refractivity contribution is 8.93. The lowest BCUT2D eigenvalue weighted by Crippen LogP contribution is -1.96. The molecule has 1 aromatic heterocycles. The summed E-state index contributed by atoms with van der Waals surface area (Å²) in [7, 11) is 3.19. The van der Waals surface area contributed by atoms with Crippen LogP contribution >= 0.6 is 39.9 Å². The number of benzene rings is 2. The quantitative estimate of drug-likeness (QED) is 0.482. The fourth-order valence-electron chi connectivity index (χ4n) is 2.54. The third-order valence-electron chi connectivity index (χ3n) is 3.89. The van der Waals surface area contributed by atoms with Crippen molar-refractivity contribution in [3.63, 3.8) is 0 Å². The number of rotatable bonds is 5. The first kappa shape index (κ1) is 20.6. The molecule has 0 saturated heterocycles. The summed E-state index contributed by atoms with van der Waals surface area (Å²) in [6.07, 6.45) is 0. The summed E-state index contributed by atoms with van der Waals surface area (Å²) in [5.74, 6) is 1.21. The van der Waals surface area contributed by atoms with Crippen LogP contribution < -0.4 is 14.8 Å². The molecule has 2 aromatic carbocycles. The number of hydrogen-bond acceptors (Lipinski definition) is 5. The molecule has 7 heteroatoms. The number of nitrogens with zero attached hydrogens (tertiary/aromatic N) is 1. The number of nitrogens with one attached hydrogen (secondary N) is 1. The average Bonchev–Trinajstić information content (AvgIpc) is 3.06. The first-order valence-electron chi connectivity index (χ1n) is 7.73. The van der Waals surface area contributed by atoms with Gasteiger partial charge in [-0.05, 0) is 25.5 Å². The van der Waals surface area contributed by atoms with Gasteiger partial charge in [0.05, 0.1) is 30.6 Å². The monoisotopic (exact) mass is 454 g/mol. The molecule has 26 heavy (non-hydrogen) atoms. The Hall–Kier alpha value is -1.76. The van der Waals surface area contributed by atoms with Crippen molar-refractivity contribution in [3.05, 3.63) is 51.9 Å². The van der Waals surface area contributed by atoms with E-state index in [0.29, 0.717) is 16.5 Å². The summed E-state index contributed by atoms with van der Waals surface area (Å²) in [6.45, 7) is 4.17. The second kappa shape index (κ2) is 8.75. The molecular weight excluding hydrogens is 436 g/mol. The SMILES string of the molecule is Br.COc1cc(Nc2nc(-c3cc(C)ccc3C)cs2)c(OC)cc1Cl. The fraction of sp³-hybridized carbons (Fsp3) is 0.211. The lowest BCUT2D eigenvalue weighted by atomic mass is 10.0. The number of anilines is 2. The third kappa shape index (κ3) is 4.31. The highest BCUT2D eigenvalue weighted by Gasteiger charge is 2.13. The normalized spacial score (nSPS) is 10.2. The van der Waals surface area contributed by atoms with E-state index < -0.39 is 0 Å². The average molecular weight is 456 g/mol. The van der Waals surface area contributed by atoms with Crippen LogP contribution in [0.15, 0.2) is 35.7 Å². The first-order chi connectivity index (χ1) is 12.0. The van der Waals surface area contributed by atoms with Crippen LogP contribution in [0.1, 0.15) is 11.1 Å². The Morgan fingerprint density at radius 3 is 2.46 bits per heavy atom. The van der Waals surface area contributed by atoms with Crippen LogP contribution in [-0.2, 0) is 0 Å². The molecular formula is C19H20BrClN2O2S. The van der Waals surface area contributed by atoms with Crippen molar-refractivity contribution in [1.29, 1.82) is 0 Å². The van der Waals surface area contributed by atoms with Gasteiger partial charge < -0.3 is 14.8 Å². The molecule has 0 aliphatic rings. The van der Waals surface area contributed by atoms with Crippen LogP contribution in [0.2, 0.25) is 5.02 Å². The minimum atomic E-state index is 0. The molecule has 1 heterocycles. The molecule has 3 aromatic rings. The number of aryl methyl sites for hydroxylation is 2. The van der Waals surface area contributed by atoms with Crippen LogP contribution in [0.25, 0.3) is 11.3 Å². The van der Waals surface area contributed by atoms with Crippen molar-refractivity contribution < 1.29 is 9.47 Å². The van der Waals surface area contributed by atoms with Crippen LogP contribution in [0.3, 0.4) is 0 Å². The molecule has 138 valence electrons. The highest BCUT2D eigenvalue weighted by atomic mass is 79.9. The minimum Gasteiger partial charge on any atom is -0.495 e. The Morgan fingerprint density at radius 2 is 1.77 bits per heavy atom. The van der Waals surface area contributed by atoms with E-state index in [0.717, 1.165) is 22.1 Å². The van der Waals surface area contributed by atoms with E-state index in [-0.39, 0.29) is 17.0 Å². The fourth-order valence-corrected chi connectivity index (χ4v) is 3.49. The van der Waals surface area contributed by atoms with E-state index >= 15 is 0 Å². The predicted molar refractivity (Wildman–Crippen MR) is 115 cm³/mol. The van der Waals surface area contributed by atoms with Gasteiger partial charge in [0.1, 0.15) is 11.5 Å². The van der Waals surface area contributed by atoms with Crippen molar-refractivity contribution in [3.8, 4) is 22.8 Å². The third-order valence-corrected chi connectivity index (χ3v) is 4.94. The van der Waals surface area contributed by atoms with E-state index in [2.05, 4.69) is 37.4 Å². The molecule has 4 nitrogen and oxygen atoms in total. The van der Waals surface area contributed by atoms with E-state index in [1.54, 1.807) is 26.4 Å². The molecule has 0 atom stereocenters. The molecule has 0 amide bonds. The molecule has 0 aliphatic carbocycles. The van der Waals surface area contributed by atoms with Gasteiger partial charge in [0, 0.05) is 23.1 Å². The molecule has 0 spiro atoms. The van der Waals surface area contributed by atoms with Gasteiger partial charge >= 0.3 is 0 Å². The van der Waals surface area contributed by atoms with E-state index in [1.807, 2.05) is 5.38 Å². The minimum absolute atomic E-state index is 0. The highest BCUT2D eigenvalue weighted by Crippen LogP contribution is 2.38. The zero-order valence-electron chi connectivity index (χ0n) is 14.9.